The molecule has 0 aliphatic rings. The Labute approximate surface area is 108 Å². The highest BCUT2D eigenvalue weighted by molar-refractivity contribution is 5.65. The van der Waals surface area contributed by atoms with Crippen molar-refractivity contribution < 1.29 is 17.7 Å². The number of nitrogens with two attached hydrogens (primary N) is 1. The molecule has 0 aliphatic heterocycles. The Hall–Kier alpha value is -1.82. The zero-order valence-corrected chi connectivity index (χ0v) is 10.1. The van der Waals surface area contributed by atoms with Crippen LogP contribution in [0.15, 0.2) is 35.1 Å². The van der Waals surface area contributed by atoms with Crippen molar-refractivity contribution in [3.05, 3.63) is 41.8 Å². The van der Waals surface area contributed by atoms with E-state index < -0.39 is 11.7 Å². The fraction of sp³-hybridized carbons (Fsp3) is 0.308. The van der Waals surface area contributed by atoms with Gasteiger partial charge < -0.3 is 10.3 Å². The molecular formula is C13H13F3N2O. The summed E-state index contributed by atoms with van der Waals surface area (Å²) in [5, 5.41) is 3.85. The van der Waals surface area contributed by atoms with Crippen molar-refractivity contribution in [2.75, 3.05) is 6.54 Å². The SMILES string of the molecule is NCCCc1nocc1-c1ccc(C(F)(F)F)cc1. The lowest BCUT2D eigenvalue weighted by atomic mass is 10.0. The molecule has 0 saturated heterocycles. The molecule has 3 nitrogen and oxygen atoms in total. The first-order valence-electron chi connectivity index (χ1n) is 5.83. The first-order chi connectivity index (χ1) is 9.02. The first kappa shape index (κ1) is 13.6. The van der Waals surface area contributed by atoms with Crippen LogP contribution in [-0.2, 0) is 12.6 Å². The molecule has 2 rings (SSSR count). The zero-order valence-electron chi connectivity index (χ0n) is 10.1. The van der Waals surface area contributed by atoms with Crippen LogP contribution in [0.4, 0.5) is 13.2 Å². The summed E-state index contributed by atoms with van der Waals surface area (Å²) in [6.07, 6.45) is -1.49. The molecule has 102 valence electrons. The predicted molar refractivity (Wildman–Crippen MR) is 64.3 cm³/mol. The van der Waals surface area contributed by atoms with Crippen molar-refractivity contribution in [2.45, 2.75) is 19.0 Å². The van der Waals surface area contributed by atoms with Crippen LogP contribution in [0, 0.1) is 0 Å². The quantitative estimate of drug-likeness (QED) is 0.927. The monoisotopic (exact) mass is 270 g/mol. The van der Waals surface area contributed by atoms with Gasteiger partial charge in [-0.1, -0.05) is 17.3 Å². The van der Waals surface area contributed by atoms with Crippen molar-refractivity contribution in [1.29, 1.82) is 0 Å². The number of aromatic nitrogens is 1. The fourth-order valence-corrected chi connectivity index (χ4v) is 1.78. The topological polar surface area (TPSA) is 52.0 Å². The third-order valence-corrected chi connectivity index (χ3v) is 2.79. The molecule has 2 N–H and O–H groups in total. The van der Waals surface area contributed by atoms with E-state index in [1.165, 1.54) is 18.4 Å². The highest BCUT2D eigenvalue weighted by Crippen LogP contribution is 2.31. The number of hydrogen-bond donors (Lipinski definition) is 1. The Morgan fingerprint density at radius 1 is 1.16 bits per heavy atom. The Bertz CT molecular complexity index is 532. The van der Waals surface area contributed by atoms with Crippen molar-refractivity contribution in [3.63, 3.8) is 0 Å². The van der Waals surface area contributed by atoms with Gasteiger partial charge in [-0.3, -0.25) is 0 Å². The average molecular weight is 270 g/mol. The Morgan fingerprint density at radius 2 is 1.84 bits per heavy atom. The number of alkyl halides is 3. The van der Waals surface area contributed by atoms with Gasteiger partial charge in [0.05, 0.1) is 11.3 Å². The van der Waals surface area contributed by atoms with Gasteiger partial charge in [0.2, 0.25) is 0 Å². The number of rotatable bonds is 4. The van der Waals surface area contributed by atoms with Crippen LogP contribution in [0.3, 0.4) is 0 Å². The summed E-state index contributed by atoms with van der Waals surface area (Å²) >= 11 is 0. The number of halogens is 3. The summed E-state index contributed by atoms with van der Waals surface area (Å²) in [4.78, 5) is 0. The van der Waals surface area contributed by atoms with Crippen LogP contribution >= 0.6 is 0 Å². The van der Waals surface area contributed by atoms with Crippen LogP contribution in [0.2, 0.25) is 0 Å². The minimum atomic E-state index is -4.32. The molecule has 1 aromatic carbocycles. The van der Waals surface area contributed by atoms with E-state index >= 15 is 0 Å². The molecule has 19 heavy (non-hydrogen) atoms. The molecule has 1 aromatic heterocycles. The van der Waals surface area contributed by atoms with Gasteiger partial charge in [0.1, 0.15) is 6.26 Å². The van der Waals surface area contributed by atoms with Gasteiger partial charge in [0, 0.05) is 5.56 Å². The molecule has 0 atom stereocenters. The van der Waals surface area contributed by atoms with Gasteiger partial charge in [-0.15, -0.1) is 0 Å². The summed E-state index contributed by atoms with van der Waals surface area (Å²) in [7, 11) is 0. The molecule has 0 amide bonds. The van der Waals surface area contributed by atoms with Crippen molar-refractivity contribution >= 4 is 0 Å². The maximum absolute atomic E-state index is 12.5. The Balaban J connectivity index is 2.25. The van der Waals surface area contributed by atoms with E-state index in [0.717, 1.165) is 18.6 Å². The van der Waals surface area contributed by atoms with Crippen LogP contribution in [0.1, 0.15) is 17.7 Å². The molecule has 6 heteroatoms. The van der Waals surface area contributed by atoms with Crippen LogP contribution < -0.4 is 5.73 Å². The standard InChI is InChI=1S/C13H13F3N2O/c14-13(15,16)10-5-3-9(4-6-10)11-8-19-18-12(11)2-1-7-17/h3-6,8H,1-2,7,17H2. The van der Waals surface area contributed by atoms with Crippen molar-refractivity contribution in [2.24, 2.45) is 5.73 Å². The summed E-state index contributed by atoms with van der Waals surface area (Å²) in [5.74, 6) is 0. The predicted octanol–water partition coefficient (Wildman–Crippen LogP) is 3.25. The van der Waals surface area contributed by atoms with Crippen molar-refractivity contribution in [1.82, 2.24) is 5.16 Å². The summed E-state index contributed by atoms with van der Waals surface area (Å²) in [6, 6.07) is 4.94. The van der Waals surface area contributed by atoms with Gasteiger partial charge >= 0.3 is 6.18 Å². The third-order valence-electron chi connectivity index (χ3n) is 2.79. The van der Waals surface area contributed by atoms with E-state index in [1.54, 1.807) is 0 Å². The summed E-state index contributed by atoms with van der Waals surface area (Å²) < 4.78 is 42.3. The second kappa shape index (κ2) is 5.44. The molecule has 0 unspecified atom stereocenters. The zero-order chi connectivity index (χ0) is 13.9. The van der Waals surface area contributed by atoms with Gasteiger partial charge in [-0.2, -0.15) is 13.2 Å². The maximum Gasteiger partial charge on any atom is 0.416 e. The van der Waals surface area contributed by atoms with Crippen molar-refractivity contribution in [3.8, 4) is 11.1 Å². The van der Waals surface area contributed by atoms with Gasteiger partial charge in [-0.05, 0) is 37.1 Å². The van der Waals surface area contributed by atoms with E-state index in [0.29, 0.717) is 29.8 Å². The van der Waals surface area contributed by atoms with Crippen LogP contribution in [0.5, 0.6) is 0 Å². The molecule has 2 aromatic rings. The molecule has 1 heterocycles. The highest BCUT2D eigenvalue weighted by Gasteiger charge is 2.30. The molecule has 0 fully saturated rings. The molecule has 0 saturated carbocycles. The first-order valence-corrected chi connectivity index (χ1v) is 5.83. The lowest BCUT2D eigenvalue weighted by Crippen LogP contribution is -2.04. The molecule has 0 bridgehead atoms. The van der Waals surface area contributed by atoms with Gasteiger partial charge in [0.25, 0.3) is 0 Å². The minimum Gasteiger partial charge on any atom is -0.364 e. The number of hydrogen-bond acceptors (Lipinski definition) is 3. The lowest BCUT2D eigenvalue weighted by molar-refractivity contribution is -0.137. The number of nitrogens with zero attached hydrogens (tertiary/aromatic N) is 1. The highest BCUT2D eigenvalue weighted by atomic mass is 19.4. The van der Waals surface area contributed by atoms with E-state index in [2.05, 4.69) is 5.16 Å². The van der Waals surface area contributed by atoms with Crippen LogP contribution in [0.25, 0.3) is 11.1 Å². The molecule has 0 radical (unpaired) electrons. The number of benzene rings is 1. The Morgan fingerprint density at radius 3 is 2.42 bits per heavy atom. The molecular weight excluding hydrogens is 257 g/mol. The van der Waals surface area contributed by atoms with E-state index in [-0.39, 0.29) is 0 Å². The fourth-order valence-electron chi connectivity index (χ4n) is 1.78. The maximum atomic E-state index is 12.5. The largest absolute Gasteiger partial charge is 0.416 e. The molecule has 0 aliphatic carbocycles. The van der Waals surface area contributed by atoms with E-state index in [9.17, 15) is 13.2 Å². The summed E-state index contributed by atoms with van der Waals surface area (Å²) in [5.41, 5.74) is 6.83. The third kappa shape index (κ3) is 3.14. The van der Waals surface area contributed by atoms with Gasteiger partial charge in [0.15, 0.2) is 0 Å². The van der Waals surface area contributed by atoms with Gasteiger partial charge in [-0.25, -0.2) is 0 Å². The smallest absolute Gasteiger partial charge is 0.364 e. The average Bonchev–Trinajstić information content (AvgIpc) is 2.83. The summed E-state index contributed by atoms with van der Waals surface area (Å²) in [6.45, 7) is 0.527. The van der Waals surface area contributed by atoms with Crippen LogP contribution in [-0.4, -0.2) is 11.7 Å². The second-order valence-electron chi connectivity index (χ2n) is 4.14. The normalized spacial score (nSPS) is 11.8. The lowest BCUT2D eigenvalue weighted by Gasteiger charge is -2.07. The minimum absolute atomic E-state index is 0.527. The van der Waals surface area contributed by atoms with E-state index in [4.69, 9.17) is 10.3 Å². The number of aryl methyl sites for hydroxylation is 1. The Kier molecular flexibility index (Phi) is 3.90. The second-order valence-corrected chi connectivity index (χ2v) is 4.14. The molecule has 0 spiro atoms. The van der Waals surface area contributed by atoms with E-state index in [1.807, 2.05) is 0 Å².